The van der Waals surface area contributed by atoms with E-state index < -0.39 is 0 Å². The Labute approximate surface area is 903 Å². The van der Waals surface area contributed by atoms with E-state index in [-0.39, 0.29) is 48.8 Å². The molecule has 15 aromatic rings. The lowest BCUT2D eigenvalue weighted by atomic mass is 9.80. The second-order valence-electron chi connectivity index (χ2n) is 41.3. The SMILES string of the molecule is CNCc1ccccc1Pc1ccccc1OCc1ccccc1.COCOc1c(C)cc(C(C)(C)C)cc1Pc1c(C)cccc1CPc1ccccc1.COCOc1c(C)cc(C)cc1Pc1c(C)cccc1CPc1ccccc1.COCOc1c(Pc2c(C)cccc2CPc2ccccc2)cc(C(C)(C)C)cc1C(C)(C)C.COCOc1c(Pc2c(C)cccc2CPc2ccccc2)cc(C)cc1C(C)(C)C. The smallest absolute Gasteiger partial charge is 0.188 e. The maximum absolute atomic E-state index is 6.28. The van der Waals surface area contributed by atoms with Gasteiger partial charge in [0.25, 0.3) is 0 Å². The van der Waals surface area contributed by atoms with Gasteiger partial charge in [0.05, 0.1) is 0 Å². The monoisotopic (exact) mass is 2140 g/mol. The summed E-state index contributed by atoms with van der Waals surface area (Å²) in [5.41, 5.74) is 23.9. The Bertz CT molecular complexity index is 6570. The summed E-state index contributed by atoms with van der Waals surface area (Å²) in [5, 5.41) is 22.3. The fourth-order valence-electron chi connectivity index (χ4n) is 17.0. The first-order valence-corrected chi connectivity index (χ1v) is 60.8. The summed E-state index contributed by atoms with van der Waals surface area (Å²) in [6, 6.07) is 115. The zero-order valence-electron chi connectivity index (χ0n) is 91.8. The molecule has 0 aromatic heterocycles. The van der Waals surface area contributed by atoms with Gasteiger partial charge in [-0.05, 0) is 276 Å². The lowest BCUT2D eigenvalue weighted by molar-refractivity contribution is 0.0504. The van der Waals surface area contributed by atoms with E-state index in [1.807, 2.05) is 31.3 Å². The Morgan fingerprint density at radius 3 is 0.905 bits per heavy atom. The van der Waals surface area contributed by atoms with E-state index in [4.69, 9.17) is 42.6 Å². The molecule has 9 unspecified atom stereocenters. The molecule has 148 heavy (non-hydrogen) atoms. The van der Waals surface area contributed by atoms with E-state index in [2.05, 4.69) is 441 Å². The van der Waals surface area contributed by atoms with Gasteiger partial charge < -0.3 is 47.9 Å². The highest BCUT2D eigenvalue weighted by Crippen LogP contribution is 2.42. The molecule has 0 heterocycles. The van der Waals surface area contributed by atoms with Crippen LogP contribution in [0.4, 0.5) is 0 Å². The highest BCUT2D eigenvalue weighted by atomic mass is 31.1. The van der Waals surface area contributed by atoms with Crippen LogP contribution in [0.5, 0.6) is 28.7 Å². The third kappa shape index (κ3) is 37.2. The minimum Gasteiger partial charge on any atom is -0.488 e. The van der Waals surface area contributed by atoms with E-state index in [0.717, 1.165) is 94.3 Å². The number of benzene rings is 15. The third-order valence-electron chi connectivity index (χ3n) is 24.9. The molecule has 0 spiro atoms. The lowest BCUT2D eigenvalue weighted by Gasteiger charge is -2.29. The number of nitrogens with one attached hydrogen (secondary N) is 1. The minimum atomic E-state index is -0.0349. The Kier molecular flexibility index (Phi) is 48.2. The van der Waals surface area contributed by atoms with E-state index in [9.17, 15) is 0 Å². The van der Waals surface area contributed by atoms with E-state index in [1.54, 1.807) is 28.4 Å². The first kappa shape index (κ1) is 119. The minimum absolute atomic E-state index is 0.00240. The van der Waals surface area contributed by atoms with Gasteiger partial charge in [0.2, 0.25) is 0 Å². The van der Waals surface area contributed by atoms with Crippen LogP contribution >= 0.6 is 77.2 Å². The van der Waals surface area contributed by atoms with Crippen molar-refractivity contribution in [2.45, 2.75) is 198 Å². The zero-order valence-corrected chi connectivity index (χ0v) is 101. The van der Waals surface area contributed by atoms with Crippen molar-refractivity contribution in [3.8, 4) is 28.7 Å². The van der Waals surface area contributed by atoms with Gasteiger partial charge >= 0.3 is 0 Å². The van der Waals surface area contributed by atoms with Crippen molar-refractivity contribution in [3.63, 3.8) is 0 Å². The molecular formula is C129H158NO9P9. The number of aryl methyl sites for hydroxylation is 8. The highest BCUT2D eigenvalue weighted by Gasteiger charge is 2.30. The molecule has 778 valence electrons. The van der Waals surface area contributed by atoms with Crippen LogP contribution in [0.1, 0.15) is 183 Å². The molecule has 15 aromatic carbocycles. The molecule has 1 N–H and O–H groups in total. The van der Waals surface area contributed by atoms with Crippen molar-refractivity contribution in [1.29, 1.82) is 0 Å². The Hall–Kier alpha value is -9.03. The van der Waals surface area contributed by atoms with Crippen LogP contribution in [0, 0.1) is 55.4 Å². The maximum Gasteiger partial charge on any atom is 0.188 e. The van der Waals surface area contributed by atoms with Gasteiger partial charge in [0.1, 0.15) is 35.4 Å². The van der Waals surface area contributed by atoms with E-state index >= 15 is 0 Å². The van der Waals surface area contributed by atoms with Crippen LogP contribution in [0.2, 0.25) is 0 Å². The maximum atomic E-state index is 6.28. The molecule has 0 aliphatic heterocycles. The summed E-state index contributed by atoms with van der Waals surface area (Å²) in [6.45, 7) is 47.2. The van der Waals surface area contributed by atoms with Crippen molar-refractivity contribution in [1.82, 2.24) is 5.32 Å². The molecule has 0 bridgehead atoms. The van der Waals surface area contributed by atoms with Gasteiger partial charge in [0, 0.05) is 72.6 Å². The summed E-state index contributed by atoms with van der Waals surface area (Å²) in [7, 11) is 14.5. The number of rotatable bonds is 39. The highest BCUT2D eigenvalue weighted by molar-refractivity contribution is 7.58. The Morgan fingerprint density at radius 1 is 0.243 bits per heavy atom. The number of ether oxygens (including phenoxy) is 9. The molecule has 0 fully saturated rings. The fraction of sp³-hybridized carbons (Fsp3) is 0.302. The Morgan fingerprint density at radius 2 is 0.541 bits per heavy atom. The first-order chi connectivity index (χ1) is 71.0. The van der Waals surface area contributed by atoms with Crippen LogP contribution < -0.4 is 103 Å². The summed E-state index contributed by atoms with van der Waals surface area (Å²) in [4.78, 5) is 0. The fourth-order valence-corrected chi connectivity index (χ4v) is 29.4. The summed E-state index contributed by atoms with van der Waals surface area (Å²) < 4.78 is 51.5. The molecule has 15 rings (SSSR count). The van der Waals surface area contributed by atoms with Gasteiger partial charge in [-0.25, -0.2) is 0 Å². The molecule has 0 radical (unpaired) electrons. The van der Waals surface area contributed by atoms with Gasteiger partial charge in [-0.3, -0.25) is 0 Å². The molecule has 0 amide bonds. The van der Waals surface area contributed by atoms with Gasteiger partial charge in [-0.1, -0.05) is 451 Å². The van der Waals surface area contributed by atoms with Crippen LogP contribution in [-0.2, 0) is 78.4 Å². The number of methoxy groups -OCH3 is 4. The predicted octanol–water partition coefficient (Wildman–Crippen LogP) is 26.5. The first-order valence-electron chi connectivity index (χ1n) is 50.9. The molecule has 9 atom stereocenters. The van der Waals surface area contributed by atoms with Crippen molar-refractivity contribution in [2.24, 2.45) is 0 Å². The van der Waals surface area contributed by atoms with E-state index in [1.165, 1.54) is 174 Å². The van der Waals surface area contributed by atoms with Gasteiger partial charge in [0.15, 0.2) is 27.2 Å². The summed E-state index contributed by atoms with van der Waals surface area (Å²) >= 11 is 0. The largest absolute Gasteiger partial charge is 0.488 e. The molecule has 0 saturated carbocycles. The predicted molar refractivity (Wildman–Crippen MR) is 661 cm³/mol. The van der Waals surface area contributed by atoms with Crippen LogP contribution in [0.15, 0.2) is 322 Å². The second-order valence-corrected chi connectivity index (χ2v) is 52.9. The lowest BCUT2D eigenvalue weighted by Crippen LogP contribution is -2.24. The average molecular weight is 2150 g/mol. The molecule has 19 heteroatoms. The third-order valence-corrected chi connectivity index (χ3v) is 38.0. The average Bonchev–Trinajstić information content (AvgIpc) is 0.769. The number of hydrogen-bond acceptors (Lipinski definition) is 10. The van der Waals surface area contributed by atoms with Gasteiger partial charge in [-0.2, -0.15) is 0 Å². The van der Waals surface area contributed by atoms with E-state index in [0.29, 0.717) is 49.5 Å². The topological polar surface area (TPSA) is 95.1 Å². The molecule has 0 aliphatic carbocycles. The van der Waals surface area contributed by atoms with Crippen molar-refractivity contribution in [3.05, 3.63) is 422 Å². The van der Waals surface area contributed by atoms with Gasteiger partial charge in [-0.15, -0.1) is 0 Å². The van der Waals surface area contributed by atoms with Crippen molar-refractivity contribution >= 4 is 151 Å². The van der Waals surface area contributed by atoms with Crippen LogP contribution in [0.25, 0.3) is 0 Å². The van der Waals surface area contributed by atoms with Crippen LogP contribution in [-0.4, -0.2) is 62.7 Å². The number of para-hydroxylation sites is 1. The summed E-state index contributed by atoms with van der Waals surface area (Å²) in [5.74, 6) is 4.87. The Balaban J connectivity index is 0.000000176. The zero-order chi connectivity index (χ0) is 106. The molecule has 0 saturated heterocycles. The van der Waals surface area contributed by atoms with Crippen molar-refractivity contribution < 1.29 is 42.6 Å². The summed E-state index contributed by atoms with van der Waals surface area (Å²) in [6.07, 6.45) is 4.28. The molecule has 10 nitrogen and oxygen atoms in total. The standard InChI is InChI=1S/C30H40O2P2.2C27H34O2P2.C24H28O2P2.C21H22NOP/c1-21-13-12-14-22(19-33-24-15-10-9-11-16-24)28(21)34-26-18-23(29(2,3)4)17-25(30(5,6)7)27(26)32-20-31-8;1-19-15-23(27(3,4)5)25(29-18-28-6)24(16-19)31-26-20(2)11-10-12-21(26)17-30-22-13-8-7-9-14-22;1-19-11-10-12-21(17-30-23-13-8-7-9-14-23)26(19)31-24-16-22(27(3,4)5)15-20(2)25(24)29-18-28-6;1-17-13-19(3)23(26-16-25-4)22(14-17)28-24-18(2)9-8-10-20(24)15-27-21-11-6-5-7-12-21;1-22-15-18-11-5-7-13-20(18)24-21-14-8-6-12-19(21)23-16-17-9-3-2-4-10-17/h9-18,33-34H,19-20H2,1-8H3;2*7-16,30-31H,17-18H2,1-6H3;5-14,27-28H,15-16H2,1-4H3;2-14,22,24H,15-16H2,1H3. The second kappa shape index (κ2) is 59.8. The number of hydrogen-bond donors (Lipinski definition) is 1. The molecule has 0 aliphatic rings. The normalized spacial score (nSPS) is 12.1. The van der Waals surface area contributed by atoms with Crippen LogP contribution in [0.3, 0.4) is 0 Å². The van der Waals surface area contributed by atoms with Crippen molar-refractivity contribution in [2.75, 3.05) is 62.7 Å². The quantitative estimate of drug-likeness (QED) is 0.0296. The molecular weight excluding hydrogens is 1990 g/mol.